The number of fused-ring (bicyclic) bond motifs is 5. The normalized spacial score (nSPS) is 27.4. The van der Waals surface area contributed by atoms with Gasteiger partial charge in [-0.05, 0) is 95.2 Å². The topological polar surface area (TPSA) is 192 Å². The highest BCUT2D eigenvalue weighted by molar-refractivity contribution is 7.91. The van der Waals surface area contributed by atoms with Gasteiger partial charge in [0.15, 0.2) is 0 Å². The molecule has 0 bridgehead atoms. The van der Waals surface area contributed by atoms with Gasteiger partial charge in [-0.1, -0.05) is 45.8 Å². The SMILES string of the molecule is CCc1nc2ccc(OCCCOC)cc2c2c1OC1(CC2)CC2C(=O)NC3(C(=O)NS(=O)(=O)C4(C)CC4)CCC3C=CCCCCCC(NC(=O)OCC(C)C)C(=O)N2C1. The molecular formula is C45H63N5O10S. The zero-order valence-corrected chi connectivity index (χ0v) is 37.1. The molecule has 2 aromatic rings. The molecular weight excluding hydrogens is 803 g/mol. The van der Waals surface area contributed by atoms with E-state index in [-0.39, 0.29) is 31.9 Å². The molecule has 5 unspecified atom stereocenters. The predicted octanol–water partition coefficient (Wildman–Crippen LogP) is 5.41. The minimum absolute atomic E-state index is 0.0433. The Morgan fingerprint density at radius 2 is 1.89 bits per heavy atom. The molecule has 7 rings (SSSR count). The van der Waals surface area contributed by atoms with Crippen molar-refractivity contribution in [2.75, 3.05) is 33.5 Å². The number of methoxy groups -OCH3 is 1. The first-order valence-corrected chi connectivity index (χ1v) is 23.7. The first-order valence-electron chi connectivity index (χ1n) is 22.2. The molecule has 5 aliphatic rings. The summed E-state index contributed by atoms with van der Waals surface area (Å²) in [6, 6.07) is 3.75. The van der Waals surface area contributed by atoms with Gasteiger partial charge in [-0.15, -0.1) is 0 Å². The summed E-state index contributed by atoms with van der Waals surface area (Å²) >= 11 is 0. The van der Waals surface area contributed by atoms with Gasteiger partial charge >= 0.3 is 6.09 Å². The number of alkyl carbamates (subject to hydrolysis) is 1. The second-order valence-corrected chi connectivity index (χ2v) is 20.5. The van der Waals surface area contributed by atoms with Crippen molar-refractivity contribution in [2.24, 2.45) is 11.8 Å². The lowest BCUT2D eigenvalue weighted by Crippen LogP contribution is -2.70. The van der Waals surface area contributed by atoms with Crippen LogP contribution < -0.4 is 24.8 Å². The maximum Gasteiger partial charge on any atom is 0.407 e. The molecule has 1 aromatic carbocycles. The molecule has 1 aromatic heterocycles. The highest BCUT2D eigenvalue weighted by Gasteiger charge is 2.59. The van der Waals surface area contributed by atoms with E-state index in [1.807, 2.05) is 51.1 Å². The highest BCUT2D eigenvalue weighted by atomic mass is 32.2. The summed E-state index contributed by atoms with van der Waals surface area (Å²) in [7, 11) is -2.36. The molecule has 2 aliphatic carbocycles. The summed E-state index contributed by atoms with van der Waals surface area (Å²) in [6.45, 7) is 8.77. The first kappa shape index (κ1) is 44.6. The van der Waals surface area contributed by atoms with Gasteiger partial charge in [0, 0.05) is 43.4 Å². The highest BCUT2D eigenvalue weighted by Crippen LogP contribution is 2.47. The van der Waals surface area contributed by atoms with Crippen LogP contribution in [0.25, 0.3) is 10.9 Å². The van der Waals surface area contributed by atoms with E-state index in [1.165, 1.54) is 4.90 Å². The molecule has 2 saturated carbocycles. The molecule has 1 saturated heterocycles. The predicted molar refractivity (Wildman–Crippen MR) is 229 cm³/mol. The number of carbonyl (C=O) groups is 4. The minimum Gasteiger partial charge on any atom is -0.493 e. The van der Waals surface area contributed by atoms with Gasteiger partial charge in [-0.25, -0.2) is 18.2 Å². The maximum absolute atomic E-state index is 14.9. The van der Waals surface area contributed by atoms with Crippen LogP contribution in [0, 0.1) is 11.8 Å². The van der Waals surface area contributed by atoms with E-state index in [2.05, 4.69) is 15.4 Å². The van der Waals surface area contributed by atoms with Crippen LogP contribution in [0.4, 0.5) is 4.79 Å². The van der Waals surface area contributed by atoms with Crippen molar-refractivity contribution in [3.05, 3.63) is 41.6 Å². The van der Waals surface area contributed by atoms with Crippen LogP contribution in [0.1, 0.15) is 116 Å². The minimum atomic E-state index is -4.02. The number of benzene rings is 1. The van der Waals surface area contributed by atoms with Crippen molar-refractivity contribution in [3.8, 4) is 11.5 Å². The quantitative estimate of drug-likeness (QED) is 0.183. The molecule has 5 atom stereocenters. The van der Waals surface area contributed by atoms with Crippen molar-refractivity contribution < 1.29 is 46.5 Å². The molecule has 3 N–H and O–H groups in total. The third-order valence-corrected chi connectivity index (χ3v) is 15.4. The fourth-order valence-corrected chi connectivity index (χ4v) is 10.4. The van der Waals surface area contributed by atoms with E-state index >= 15 is 0 Å². The van der Waals surface area contributed by atoms with Gasteiger partial charge in [0.1, 0.15) is 34.7 Å². The van der Waals surface area contributed by atoms with Gasteiger partial charge in [0.2, 0.25) is 21.8 Å². The molecule has 61 heavy (non-hydrogen) atoms. The molecule has 334 valence electrons. The number of nitrogens with zero attached hydrogens (tertiary/aromatic N) is 2. The second-order valence-electron chi connectivity index (χ2n) is 18.3. The van der Waals surface area contributed by atoms with Crippen molar-refractivity contribution >= 4 is 44.7 Å². The summed E-state index contributed by atoms with van der Waals surface area (Å²) in [5.41, 5.74) is -0.00106. The number of nitrogens with one attached hydrogen (secondary N) is 3. The third kappa shape index (κ3) is 9.35. The van der Waals surface area contributed by atoms with Crippen LogP contribution in [0.5, 0.6) is 11.5 Å². The summed E-state index contributed by atoms with van der Waals surface area (Å²) < 4.78 is 51.8. The fraction of sp³-hybridized carbons (Fsp3) is 0.667. The van der Waals surface area contributed by atoms with Crippen molar-refractivity contribution in [1.82, 2.24) is 25.2 Å². The van der Waals surface area contributed by atoms with E-state index in [0.29, 0.717) is 82.5 Å². The van der Waals surface area contributed by atoms with Crippen LogP contribution >= 0.6 is 0 Å². The van der Waals surface area contributed by atoms with Crippen LogP contribution in [0.15, 0.2) is 30.4 Å². The Labute approximate surface area is 359 Å². The molecule has 4 heterocycles. The molecule has 1 spiro atoms. The molecule has 3 aliphatic heterocycles. The van der Waals surface area contributed by atoms with E-state index in [9.17, 15) is 27.6 Å². The number of pyridine rings is 1. The van der Waals surface area contributed by atoms with Gasteiger partial charge in [0.25, 0.3) is 5.91 Å². The molecule has 15 nitrogen and oxygen atoms in total. The second kappa shape index (κ2) is 18.1. The van der Waals surface area contributed by atoms with E-state index in [4.69, 9.17) is 23.9 Å². The van der Waals surface area contributed by atoms with Crippen molar-refractivity contribution in [1.29, 1.82) is 0 Å². The average Bonchev–Trinajstić information content (AvgIpc) is 3.89. The van der Waals surface area contributed by atoms with Crippen LogP contribution in [0.3, 0.4) is 0 Å². The first-order chi connectivity index (χ1) is 29.1. The Bertz CT molecular complexity index is 2140. The third-order valence-electron chi connectivity index (χ3n) is 13.3. The maximum atomic E-state index is 14.9. The van der Waals surface area contributed by atoms with Crippen LogP contribution in [0.2, 0.25) is 0 Å². The van der Waals surface area contributed by atoms with Gasteiger partial charge in [0.05, 0.1) is 35.7 Å². The summed E-state index contributed by atoms with van der Waals surface area (Å²) in [5, 5.41) is 6.75. The number of sulfonamides is 1. The molecule has 16 heteroatoms. The van der Waals surface area contributed by atoms with Gasteiger partial charge in [-0.3, -0.25) is 19.1 Å². The zero-order chi connectivity index (χ0) is 43.6. The van der Waals surface area contributed by atoms with Crippen molar-refractivity contribution in [3.63, 3.8) is 0 Å². The van der Waals surface area contributed by atoms with Gasteiger partial charge < -0.3 is 34.5 Å². The average molecular weight is 866 g/mol. The monoisotopic (exact) mass is 865 g/mol. The van der Waals surface area contributed by atoms with Crippen molar-refractivity contribution in [2.45, 2.75) is 146 Å². The Morgan fingerprint density at radius 1 is 1.08 bits per heavy atom. The Balaban J connectivity index is 1.23. The van der Waals surface area contributed by atoms with E-state index in [1.54, 1.807) is 14.0 Å². The van der Waals surface area contributed by atoms with Crippen LogP contribution in [-0.4, -0.2) is 104 Å². The number of amides is 4. The summed E-state index contributed by atoms with van der Waals surface area (Å²) in [4.78, 5) is 63.7. The van der Waals surface area contributed by atoms with E-state index < -0.39 is 67.7 Å². The molecule has 3 fully saturated rings. The lowest BCUT2D eigenvalue weighted by Gasteiger charge is -2.48. The number of carbonyl (C=O) groups excluding carboxylic acids is 4. The molecule has 0 radical (unpaired) electrons. The van der Waals surface area contributed by atoms with E-state index in [0.717, 1.165) is 41.4 Å². The smallest absolute Gasteiger partial charge is 0.407 e. The standard InChI is InChI=1S/C45H63N5O10S/c1-6-34-38-32(33-25-31(15-16-35(33)46-34)58-24-12-23-57-5)18-19-44(60-38)26-37-39(51)48-45(41(53)49-61(55,56)43(4)21-22-43)20-17-30(45)13-10-8-7-9-11-14-36(40(52)50(37)28-44)47-42(54)59-27-29(2)3/h10,13,15-16,25,29-30,36-37H,6-9,11-12,14,17-24,26-28H2,1-5H3,(H,47,54)(H,48,51)(H,49,53). The number of rotatable bonds is 12. The number of aromatic nitrogens is 1. The lowest BCUT2D eigenvalue weighted by molar-refractivity contribution is -0.144. The number of hydrogen-bond donors (Lipinski definition) is 3. The largest absolute Gasteiger partial charge is 0.493 e. The fourth-order valence-electron chi connectivity index (χ4n) is 9.10. The van der Waals surface area contributed by atoms with Gasteiger partial charge in [-0.2, -0.15) is 0 Å². The number of ether oxygens (including phenoxy) is 4. The Kier molecular flexibility index (Phi) is 13.2. The zero-order valence-electron chi connectivity index (χ0n) is 36.3. The number of aryl methyl sites for hydroxylation is 2. The lowest BCUT2D eigenvalue weighted by atomic mass is 9.65. The number of allylic oxidation sites excluding steroid dienone is 1. The summed E-state index contributed by atoms with van der Waals surface area (Å²) in [6.07, 6.45) is 10.6. The van der Waals surface area contributed by atoms with Crippen LogP contribution in [-0.2, 0) is 46.7 Å². The summed E-state index contributed by atoms with van der Waals surface area (Å²) in [5.74, 6) is -0.837. The number of hydrogen-bond acceptors (Lipinski definition) is 11. The molecule has 4 amide bonds. The Morgan fingerprint density at radius 3 is 2.59 bits per heavy atom. The Hall–Kier alpha value is -4.44.